The molecule has 1 aromatic rings. The second-order valence-electron chi connectivity index (χ2n) is 4.52. The van der Waals surface area contributed by atoms with Crippen molar-refractivity contribution in [3.05, 3.63) is 41.8 Å². The summed E-state index contributed by atoms with van der Waals surface area (Å²) in [4.78, 5) is 35.0. The van der Waals surface area contributed by atoms with E-state index < -0.39 is 24.5 Å². The van der Waals surface area contributed by atoms with Gasteiger partial charge in [-0.05, 0) is 31.4 Å². The summed E-state index contributed by atoms with van der Waals surface area (Å²) in [5.41, 5.74) is 0. The molecule has 1 rings (SSSR count). The zero-order chi connectivity index (χ0) is 16.4. The quantitative estimate of drug-likeness (QED) is 0.476. The number of thioether (sulfide) groups is 1. The van der Waals surface area contributed by atoms with Crippen molar-refractivity contribution in [3.8, 4) is 0 Å². The summed E-state index contributed by atoms with van der Waals surface area (Å²) in [5.74, 6) is -1.33. The summed E-state index contributed by atoms with van der Waals surface area (Å²) < 4.78 is 4.72. The first-order chi connectivity index (χ1) is 10.5. The number of imide groups is 1. The molecule has 0 spiro atoms. The molecule has 118 valence electrons. The van der Waals surface area contributed by atoms with Crippen molar-refractivity contribution in [3.63, 3.8) is 0 Å². The molecule has 0 bridgehead atoms. The molecule has 0 aliphatic carbocycles. The Balaban J connectivity index is 2.25. The SMILES string of the molecule is CC(C)NC(=O)NC(=O)COC(=O)/C=C/Sc1ccccc1. The van der Waals surface area contributed by atoms with Crippen molar-refractivity contribution in [1.82, 2.24) is 10.6 Å². The van der Waals surface area contributed by atoms with Gasteiger partial charge in [0.2, 0.25) is 0 Å². The number of carbonyl (C=O) groups is 3. The van der Waals surface area contributed by atoms with Crippen LogP contribution in [-0.4, -0.2) is 30.6 Å². The molecule has 0 saturated heterocycles. The van der Waals surface area contributed by atoms with Gasteiger partial charge in [0.25, 0.3) is 5.91 Å². The molecule has 7 heteroatoms. The Bertz CT molecular complexity index is 544. The summed E-state index contributed by atoms with van der Waals surface area (Å²) in [6.07, 6.45) is 1.22. The van der Waals surface area contributed by atoms with E-state index in [1.54, 1.807) is 19.3 Å². The fraction of sp³-hybridized carbons (Fsp3) is 0.267. The summed E-state index contributed by atoms with van der Waals surface area (Å²) >= 11 is 1.35. The van der Waals surface area contributed by atoms with Crippen molar-refractivity contribution in [2.45, 2.75) is 24.8 Å². The van der Waals surface area contributed by atoms with Gasteiger partial charge in [0.05, 0.1) is 0 Å². The molecule has 6 nitrogen and oxygen atoms in total. The average molecular weight is 322 g/mol. The van der Waals surface area contributed by atoms with Crippen molar-refractivity contribution in [1.29, 1.82) is 0 Å². The number of rotatable bonds is 6. The number of hydrogen-bond donors (Lipinski definition) is 2. The van der Waals surface area contributed by atoms with Crippen LogP contribution in [0.1, 0.15) is 13.8 Å². The third-order valence-electron chi connectivity index (χ3n) is 2.17. The molecule has 0 atom stereocenters. The number of hydrogen-bond acceptors (Lipinski definition) is 5. The van der Waals surface area contributed by atoms with Crippen LogP contribution in [0.15, 0.2) is 46.7 Å². The lowest BCUT2D eigenvalue weighted by Crippen LogP contribution is -2.43. The normalized spacial score (nSPS) is 10.5. The van der Waals surface area contributed by atoms with E-state index in [4.69, 9.17) is 4.74 Å². The van der Waals surface area contributed by atoms with Gasteiger partial charge in [-0.3, -0.25) is 10.1 Å². The van der Waals surface area contributed by atoms with Gasteiger partial charge >= 0.3 is 12.0 Å². The van der Waals surface area contributed by atoms with E-state index in [1.165, 1.54) is 17.8 Å². The first kappa shape index (κ1) is 17.8. The van der Waals surface area contributed by atoms with Crippen LogP contribution in [0.25, 0.3) is 0 Å². The zero-order valence-corrected chi connectivity index (χ0v) is 13.2. The largest absolute Gasteiger partial charge is 0.452 e. The van der Waals surface area contributed by atoms with Crippen LogP contribution in [-0.2, 0) is 14.3 Å². The van der Waals surface area contributed by atoms with Crippen LogP contribution in [0, 0.1) is 0 Å². The van der Waals surface area contributed by atoms with Crippen molar-refractivity contribution in [2.24, 2.45) is 0 Å². The first-order valence-electron chi connectivity index (χ1n) is 6.62. The third-order valence-corrected chi connectivity index (χ3v) is 2.99. The number of benzene rings is 1. The van der Waals surface area contributed by atoms with Gasteiger partial charge in [-0.25, -0.2) is 9.59 Å². The smallest absolute Gasteiger partial charge is 0.331 e. The van der Waals surface area contributed by atoms with E-state index in [2.05, 4.69) is 10.6 Å². The molecule has 2 N–H and O–H groups in total. The number of ether oxygens (including phenoxy) is 1. The molecule has 0 saturated carbocycles. The Hall–Kier alpha value is -2.28. The highest BCUT2D eigenvalue weighted by atomic mass is 32.2. The van der Waals surface area contributed by atoms with E-state index in [-0.39, 0.29) is 6.04 Å². The van der Waals surface area contributed by atoms with Crippen molar-refractivity contribution < 1.29 is 19.1 Å². The number of amides is 3. The lowest BCUT2D eigenvalue weighted by Gasteiger charge is -2.08. The van der Waals surface area contributed by atoms with Crippen LogP contribution >= 0.6 is 11.8 Å². The highest BCUT2D eigenvalue weighted by Gasteiger charge is 2.10. The van der Waals surface area contributed by atoms with Gasteiger partial charge < -0.3 is 10.1 Å². The van der Waals surface area contributed by atoms with Crippen LogP contribution in [0.4, 0.5) is 4.79 Å². The molecule has 3 amide bonds. The molecule has 22 heavy (non-hydrogen) atoms. The Morgan fingerprint density at radius 2 is 1.91 bits per heavy atom. The number of urea groups is 1. The van der Waals surface area contributed by atoms with E-state index in [0.29, 0.717) is 0 Å². The average Bonchev–Trinajstić information content (AvgIpc) is 2.45. The van der Waals surface area contributed by atoms with E-state index in [0.717, 1.165) is 4.90 Å². The summed E-state index contributed by atoms with van der Waals surface area (Å²) in [7, 11) is 0. The minimum atomic E-state index is -0.685. The monoisotopic (exact) mass is 322 g/mol. The van der Waals surface area contributed by atoms with Crippen LogP contribution in [0.5, 0.6) is 0 Å². The molecule has 0 unspecified atom stereocenters. The maximum atomic E-state index is 11.4. The zero-order valence-electron chi connectivity index (χ0n) is 12.4. The number of carbonyl (C=O) groups excluding carboxylic acids is 3. The lowest BCUT2D eigenvalue weighted by molar-refractivity contribution is -0.143. The van der Waals surface area contributed by atoms with E-state index in [1.807, 2.05) is 30.3 Å². The van der Waals surface area contributed by atoms with Gasteiger partial charge in [-0.2, -0.15) is 0 Å². The maximum absolute atomic E-state index is 11.4. The van der Waals surface area contributed by atoms with Crippen LogP contribution < -0.4 is 10.6 Å². The minimum absolute atomic E-state index is 0.0895. The number of esters is 1. The molecule has 0 fully saturated rings. The lowest BCUT2D eigenvalue weighted by atomic mass is 10.4. The highest BCUT2D eigenvalue weighted by molar-refractivity contribution is 8.02. The first-order valence-corrected chi connectivity index (χ1v) is 7.50. The topological polar surface area (TPSA) is 84.5 Å². The minimum Gasteiger partial charge on any atom is -0.452 e. The van der Waals surface area contributed by atoms with E-state index >= 15 is 0 Å². The fourth-order valence-corrected chi connectivity index (χ4v) is 1.96. The fourth-order valence-electron chi connectivity index (χ4n) is 1.31. The summed E-state index contributed by atoms with van der Waals surface area (Å²) in [6, 6.07) is 8.78. The Labute approximate surface area is 133 Å². The highest BCUT2D eigenvalue weighted by Crippen LogP contribution is 2.17. The number of nitrogens with one attached hydrogen (secondary N) is 2. The van der Waals surface area contributed by atoms with E-state index in [9.17, 15) is 14.4 Å². The standard InChI is InChI=1S/C15H18N2O4S/c1-11(2)16-15(20)17-13(18)10-21-14(19)8-9-22-12-6-4-3-5-7-12/h3-9,11H,10H2,1-2H3,(H2,16,17,18,20)/b9-8+. The van der Waals surface area contributed by atoms with Gasteiger partial charge in [0, 0.05) is 17.0 Å². The molecule has 1 aromatic carbocycles. The van der Waals surface area contributed by atoms with Crippen molar-refractivity contribution >= 4 is 29.7 Å². The van der Waals surface area contributed by atoms with Crippen molar-refractivity contribution in [2.75, 3.05) is 6.61 Å². The summed E-state index contributed by atoms with van der Waals surface area (Å²) in [6.45, 7) is 3.02. The molecule has 0 aromatic heterocycles. The molecular formula is C15H18N2O4S. The third kappa shape index (κ3) is 8.11. The van der Waals surface area contributed by atoms with Gasteiger partial charge in [0.15, 0.2) is 6.61 Å². The van der Waals surface area contributed by atoms with Gasteiger partial charge in [0.1, 0.15) is 0 Å². The predicted octanol–water partition coefficient (Wildman–Crippen LogP) is 2.07. The molecule has 0 aliphatic rings. The molecule has 0 radical (unpaired) electrons. The Kier molecular flexibility index (Phi) is 7.77. The predicted molar refractivity (Wildman–Crippen MR) is 84.2 cm³/mol. The second kappa shape index (κ2) is 9.62. The van der Waals surface area contributed by atoms with Gasteiger partial charge in [-0.1, -0.05) is 30.0 Å². The second-order valence-corrected chi connectivity index (χ2v) is 5.50. The maximum Gasteiger partial charge on any atom is 0.331 e. The Morgan fingerprint density at radius 3 is 2.55 bits per heavy atom. The molecule has 0 aliphatic heterocycles. The van der Waals surface area contributed by atoms with Crippen LogP contribution in [0.3, 0.4) is 0 Å². The molecule has 0 heterocycles. The summed E-state index contributed by atoms with van der Waals surface area (Å²) in [5, 5.41) is 6.11. The molecular weight excluding hydrogens is 304 g/mol. The van der Waals surface area contributed by atoms with Crippen LogP contribution in [0.2, 0.25) is 0 Å². The Morgan fingerprint density at radius 1 is 1.23 bits per heavy atom. The van der Waals surface area contributed by atoms with Gasteiger partial charge in [-0.15, -0.1) is 0 Å².